The first-order chi connectivity index (χ1) is 19.9. The lowest BCUT2D eigenvalue weighted by atomic mass is 9.78. The highest BCUT2D eigenvalue weighted by molar-refractivity contribution is 7.99. The van der Waals surface area contributed by atoms with Gasteiger partial charge in [0.2, 0.25) is 0 Å². The first-order valence-electron chi connectivity index (χ1n) is 13.4. The van der Waals surface area contributed by atoms with Crippen molar-refractivity contribution in [2.24, 2.45) is 0 Å². The molecule has 0 radical (unpaired) electrons. The third kappa shape index (κ3) is 6.16. The number of hydrogen-bond acceptors (Lipinski definition) is 3. The summed E-state index contributed by atoms with van der Waals surface area (Å²) >= 11 is 1.66. The van der Waals surface area contributed by atoms with Crippen molar-refractivity contribution in [3.63, 3.8) is 0 Å². The van der Waals surface area contributed by atoms with Crippen molar-refractivity contribution in [1.29, 1.82) is 0 Å². The zero-order valence-corrected chi connectivity index (χ0v) is 25.8. The van der Waals surface area contributed by atoms with Crippen molar-refractivity contribution >= 4 is 33.5 Å². The van der Waals surface area contributed by atoms with Gasteiger partial charge in [-0.1, -0.05) is 114 Å². The Hall–Kier alpha value is -3.29. The SMILES string of the molecule is CS[C@@H](c1ccccc1[S@@](=O)c1ccc(C)cc1)C(N[S@@](=O)c1ccc(C)cc1)(c1ccccc1)c1ccccc1. The van der Waals surface area contributed by atoms with Crippen molar-refractivity contribution < 1.29 is 8.42 Å². The molecule has 0 bridgehead atoms. The number of rotatable bonds is 10. The number of aryl methyl sites for hydroxylation is 2. The smallest absolute Gasteiger partial charge is 0.126 e. The van der Waals surface area contributed by atoms with E-state index in [1.807, 2.05) is 117 Å². The predicted molar refractivity (Wildman–Crippen MR) is 173 cm³/mol. The Labute approximate surface area is 252 Å². The van der Waals surface area contributed by atoms with Crippen LogP contribution < -0.4 is 4.72 Å². The van der Waals surface area contributed by atoms with Crippen LogP contribution in [0.5, 0.6) is 0 Å². The van der Waals surface area contributed by atoms with E-state index in [4.69, 9.17) is 0 Å². The normalized spacial score (nSPS) is 13.8. The number of thioether (sulfide) groups is 1. The summed E-state index contributed by atoms with van der Waals surface area (Å²) < 4.78 is 31.9. The third-order valence-electron chi connectivity index (χ3n) is 7.21. The molecular weight excluding hydrogens is 563 g/mol. The minimum absolute atomic E-state index is 0.285. The summed E-state index contributed by atoms with van der Waals surface area (Å²) in [5.74, 6) is 0. The molecule has 0 unspecified atom stereocenters. The van der Waals surface area contributed by atoms with Crippen molar-refractivity contribution in [2.45, 2.75) is 39.3 Å². The lowest BCUT2D eigenvalue weighted by Crippen LogP contribution is -2.48. The second-order valence-corrected chi connectivity index (χ2v) is 13.6. The van der Waals surface area contributed by atoms with Gasteiger partial charge in [-0.15, -0.1) is 0 Å². The van der Waals surface area contributed by atoms with Crippen LogP contribution >= 0.6 is 11.8 Å². The lowest BCUT2D eigenvalue weighted by Gasteiger charge is -2.42. The molecular formula is C35H33NO2S3. The number of benzene rings is 5. The van der Waals surface area contributed by atoms with Crippen LogP contribution in [-0.2, 0) is 27.3 Å². The maximum absolute atomic E-state index is 14.2. The van der Waals surface area contributed by atoms with Gasteiger partial charge >= 0.3 is 0 Å². The van der Waals surface area contributed by atoms with E-state index in [-0.39, 0.29) is 5.25 Å². The molecule has 3 atom stereocenters. The molecule has 0 heterocycles. The zero-order valence-electron chi connectivity index (χ0n) is 23.3. The molecule has 0 amide bonds. The van der Waals surface area contributed by atoms with Gasteiger partial charge in [0.15, 0.2) is 0 Å². The monoisotopic (exact) mass is 595 g/mol. The van der Waals surface area contributed by atoms with Gasteiger partial charge < -0.3 is 0 Å². The largest absolute Gasteiger partial charge is 0.249 e. The molecule has 6 heteroatoms. The second-order valence-electron chi connectivity index (χ2n) is 9.96. The molecule has 0 fully saturated rings. The van der Waals surface area contributed by atoms with Crippen molar-refractivity contribution in [1.82, 2.24) is 4.72 Å². The van der Waals surface area contributed by atoms with E-state index in [0.717, 1.165) is 37.6 Å². The molecule has 1 N–H and O–H groups in total. The average Bonchev–Trinajstić information content (AvgIpc) is 3.02. The molecule has 0 aromatic heterocycles. The fraction of sp³-hybridized carbons (Fsp3) is 0.143. The Bertz CT molecular complexity index is 1600. The lowest BCUT2D eigenvalue weighted by molar-refractivity contribution is 0.470. The summed E-state index contributed by atoms with van der Waals surface area (Å²) in [6, 6.07) is 43.9. The van der Waals surface area contributed by atoms with E-state index >= 15 is 0 Å². The minimum Gasteiger partial charge on any atom is -0.249 e. The van der Waals surface area contributed by atoms with Gasteiger partial charge in [-0.05, 0) is 67.1 Å². The maximum atomic E-state index is 14.2. The highest BCUT2D eigenvalue weighted by Crippen LogP contribution is 2.50. The Balaban J connectivity index is 1.74. The summed E-state index contributed by atoms with van der Waals surface area (Å²) in [7, 11) is -2.96. The summed E-state index contributed by atoms with van der Waals surface area (Å²) in [6.07, 6.45) is 2.06. The molecule has 0 aliphatic heterocycles. The summed E-state index contributed by atoms with van der Waals surface area (Å²) in [4.78, 5) is 2.20. The quantitative estimate of drug-likeness (QED) is 0.177. The van der Waals surface area contributed by atoms with E-state index in [1.54, 1.807) is 11.8 Å². The van der Waals surface area contributed by atoms with Crippen LogP contribution in [0, 0.1) is 13.8 Å². The Morgan fingerprint density at radius 2 is 1.07 bits per heavy atom. The molecule has 0 aliphatic carbocycles. The summed E-state index contributed by atoms with van der Waals surface area (Å²) in [6.45, 7) is 4.05. The van der Waals surface area contributed by atoms with E-state index in [9.17, 15) is 8.42 Å². The molecule has 208 valence electrons. The topological polar surface area (TPSA) is 46.2 Å². The molecule has 5 aromatic carbocycles. The Kier molecular flexibility index (Phi) is 9.35. The average molecular weight is 596 g/mol. The van der Waals surface area contributed by atoms with Gasteiger partial charge in [-0.25, -0.2) is 13.1 Å². The molecule has 3 nitrogen and oxygen atoms in total. The molecule has 0 saturated carbocycles. The van der Waals surface area contributed by atoms with Gasteiger partial charge in [-0.2, -0.15) is 11.8 Å². The Morgan fingerprint density at radius 3 is 1.59 bits per heavy atom. The molecule has 41 heavy (non-hydrogen) atoms. The van der Waals surface area contributed by atoms with Crippen molar-refractivity contribution in [3.05, 3.63) is 161 Å². The highest BCUT2D eigenvalue weighted by atomic mass is 32.2. The zero-order chi connectivity index (χ0) is 28.8. The second kappa shape index (κ2) is 13.1. The Morgan fingerprint density at radius 1 is 0.610 bits per heavy atom. The summed E-state index contributed by atoms with van der Waals surface area (Å²) in [5.41, 5.74) is 4.18. The fourth-order valence-electron chi connectivity index (χ4n) is 5.10. The van der Waals surface area contributed by atoms with Crippen LogP contribution in [0.1, 0.15) is 33.1 Å². The van der Waals surface area contributed by atoms with Crippen molar-refractivity contribution in [2.75, 3.05) is 6.26 Å². The van der Waals surface area contributed by atoms with Gasteiger partial charge in [0.25, 0.3) is 0 Å². The van der Waals surface area contributed by atoms with Gasteiger partial charge in [0, 0.05) is 9.79 Å². The highest BCUT2D eigenvalue weighted by Gasteiger charge is 2.45. The van der Waals surface area contributed by atoms with Crippen molar-refractivity contribution in [3.8, 4) is 0 Å². The van der Waals surface area contributed by atoms with E-state index in [2.05, 4.69) is 41.3 Å². The van der Waals surface area contributed by atoms with Crippen LogP contribution in [-0.4, -0.2) is 14.7 Å². The van der Waals surface area contributed by atoms with Gasteiger partial charge in [-0.3, -0.25) is 0 Å². The standard InChI is InChI=1S/C35H33NO2S3/c1-26-18-22-30(23-19-26)40(37)33-17-11-10-16-32(33)34(39-3)35(28-12-6-4-7-13-28,29-14-8-5-9-15-29)36-41(38)31-24-20-27(2)21-25-31/h4-25,34,36H,1-3H3/t34-,40-,41-/m0/s1. The number of nitrogens with one attached hydrogen (secondary N) is 1. The van der Waals surface area contributed by atoms with Crippen LogP contribution in [0.25, 0.3) is 0 Å². The van der Waals surface area contributed by atoms with E-state index in [1.165, 1.54) is 0 Å². The fourth-order valence-corrected chi connectivity index (χ4v) is 8.78. The molecule has 0 spiro atoms. The predicted octanol–water partition coefficient (Wildman–Crippen LogP) is 8.13. The van der Waals surface area contributed by atoms with Crippen LogP contribution in [0.2, 0.25) is 0 Å². The maximum Gasteiger partial charge on any atom is 0.126 e. The van der Waals surface area contributed by atoms with E-state index in [0.29, 0.717) is 4.90 Å². The van der Waals surface area contributed by atoms with Gasteiger partial charge in [0.05, 0.1) is 26.5 Å². The first-order valence-corrected chi connectivity index (χ1v) is 17.0. The van der Waals surface area contributed by atoms with Crippen LogP contribution in [0.4, 0.5) is 0 Å². The molecule has 5 aromatic rings. The number of hydrogen-bond donors (Lipinski definition) is 1. The molecule has 5 rings (SSSR count). The van der Waals surface area contributed by atoms with Gasteiger partial charge in [0.1, 0.15) is 11.0 Å². The molecule has 0 saturated heterocycles. The van der Waals surface area contributed by atoms with Crippen LogP contribution in [0.15, 0.2) is 148 Å². The third-order valence-corrected chi connectivity index (χ3v) is 11.0. The summed E-state index contributed by atoms with van der Waals surface area (Å²) in [5, 5.41) is -0.285. The first kappa shape index (κ1) is 29.2. The van der Waals surface area contributed by atoms with E-state index < -0.39 is 27.3 Å². The van der Waals surface area contributed by atoms with Crippen LogP contribution in [0.3, 0.4) is 0 Å². The molecule has 0 aliphatic rings. The minimum atomic E-state index is -1.55.